The molecular weight excluding hydrogens is 152 g/mol. The molecule has 0 radical (unpaired) electrons. The Morgan fingerprint density at radius 3 is 2.75 bits per heavy atom. The molecule has 1 aliphatic rings. The van der Waals surface area contributed by atoms with Crippen LogP contribution in [0.5, 0.6) is 0 Å². The van der Waals surface area contributed by atoms with E-state index in [9.17, 15) is 5.11 Å². The smallest absolute Gasteiger partial charge is 0.0839 e. The van der Waals surface area contributed by atoms with Gasteiger partial charge in [-0.3, -0.25) is 0 Å². The van der Waals surface area contributed by atoms with Crippen LogP contribution in [0.25, 0.3) is 0 Å². The lowest BCUT2D eigenvalue weighted by molar-refractivity contribution is -0.107. The quantitative estimate of drug-likeness (QED) is 0.688. The van der Waals surface area contributed by atoms with Crippen LogP contribution in [0.4, 0.5) is 0 Å². The minimum absolute atomic E-state index is 0.0775. The highest BCUT2D eigenvalue weighted by Gasteiger charge is 2.29. The van der Waals surface area contributed by atoms with Crippen LogP contribution in [0.15, 0.2) is 0 Å². The van der Waals surface area contributed by atoms with Gasteiger partial charge in [0.2, 0.25) is 0 Å². The van der Waals surface area contributed by atoms with E-state index in [2.05, 4.69) is 20.8 Å². The summed E-state index contributed by atoms with van der Waals surface area (Å²) >= 11 is 0. The third-order valence-electron chi connectivity index (χ3n) is 2.57. The Hall–Kier alpha value is -0.0800. The van der Waals surface area contributed by atoms with Crippen LogP contribution in [0.2, 0.25) is 0 Å². The monoisotopic (exact) mass is 172 g/mol. The lowest BCUT2D eigenvalue weighted by Gasteiger charge is -2.33. The van der Waals surface area contributed by atoms with Gasteiger partial charge in [-0.1, -0.05) is 20.8 Å². The molecule has 3 unspecified atom stereocenters. The summed E-state index contributed by atoms with van der Waals surface area (Å²) in [5.74, 6) is 1.01. The molecular formula is C10H20O2. The Bertz CT molecular complexity index is 134. The van der Waals surface area contributed by atoms with E-state index in [1.54, 1.807) is 0 Å². The van der Waals surface area contributed by atoms with Gasteiger partial charge in [-0.05, 0) is 24.7 Å². The predicted molar refractivity (Wildman–Crippen MR) is 49.0 cm³/mol. The van der Waals surface area contributed by atoms with Crippen molar-refractivity contribution in [1.29, 1.82) is 0 Å². The molecule has 2 nitrogen and oxygen atoms in total. The van der Waals surface area contributed by atoms with Crippen LogP contribution < -0.4 is 0 Å². The van der Waals surface area contributed by atoms with Crippen molar-refractivity contribution >= 4 is 0 Å². The van der Waals surface area contributed by atoms with E-state index in [1.165, 1.54) is 0 Å². The number of hydrogen-bond acceptors (Lipinski definition) is 2. The van der Waals surface area contributed by atoms with Crippen molar-refractivity contribution in [1.82, 2.24) is 0 Å². The van der Waals surface area contributed by atoms with Gasteiger partial charge in [-0.25, -0.2) is 0 Å². The zero-order valence-corrected chi connectivity index (χ0v) is 8.29. The summed E-state index contributed by atoms with van der Waals surface area (Å²) in [7, 11) is 0. The van der Waals surface area contributed by atoms with Gasteiger partial charge in [0.05, 0.1) is 12.2 Å². The van der Waals surface area contributed by atoms with E-state index < -0.39 is 0 Å². The summed E-state index contributed by atoms with van der Waals surface area (Å²) in [6, 6.07) is 0. The van der Waals surface area contributed by atoms with Gasteiger partial charge in [0.1, 0.15) is 0 Å². The molecule has 0 aromatic carbocycles. The number of hydrogen-bond donors (Lipinski definition) is 1. The van der Waals surface area contributed by atoms with Gasteiger partial charge >= 0.3 is 0 Å². The average Bonchev–Trinajstić information content (AvgIpc) is 1.98. The SMILES string of the molecule is CC(C)CC1OCCC(C)C1O. The van der Waals surface area contributed by atoms with Crippen molar-refractivity contribution in [3.05, 3.63) is 0 Å². The van der Waals surface area contributed by atoms with E-state index >= 15 is 0 Å². The fraction of sp³-hybridized carbons (Fsp3) is 1.00. The van der Waals surface area contributed by atoms with Gasteiger partial charge in [0.15, 0.2) is 0 Å². The summed E-state index contributed by atoms with van der Waals surface area (Å²) in [4.78, 5) is 0. The van der Waals surface area contributed by atoms with Crippen molar-refractivity contribution in [2.45, 2.75) is 45.8 Å². The van der Waals surface area contributed by atoms with Crippen molar-refractivity contribution in [3.63, 3.8) is 0 Å². The molecule has 0 bridgehead atoms. The van der Waals surface area contributed by atoms with E-state index in [0.717, 1.165) is 19.4 Å². The molecule has 1 aliphatic heterocycles. The lowest BCUT2D eigenvalue weighted by atomic mass is 9.90. The summed E-state index contributed by atoms with van der Waals surface area (Å²) in [5, 5.41) is 9.76. The van der Waals surface area contributed by atoms with Gasteiger partial charge < -0.3 is 9.84 Å². The summed E-state index contributed by atoms with van der Waals surface area (Å²) in [6.07, 6.45) is 1.80. The molecule has 72 valence electrons. The van der Waals surface area contributed by atoms with Gasteiger partial charge in [0.25, 0.3) is 0 Å². The third-order valence-corrected chi connectivity index (χ3v) is 2.57. The Kier molecular flexibility index (Phi) is 3.53. The van der Waals surface area contributed by atoms with Gasteiger partial charge in [-0.15, -0.1) is 0 Å². The Morgan fingerprint density at radius 1 is 1.50 bits per heavy atom. The standard InChI is InChI=1S/C10H20O2/c1-7(2)6-9-10(11)8(3)4-5-12-9/h7-11H,4-6H2,1-3H3. The second-order valence-corrected chi connectivity index (χ2v) is 4.30. The molecule has 1 rings (SSSR count). The maximum Gasteiger partial charge on any atom is 0.0839 e. The van der Waals surface area contributed by atoms with Crippen LogP contribution in [0.1, 0.15) is 33.6 Å². The number of rotatable bonds is 2. The lowest BCUT2D eigenvalue weighted by Crippen LogP contribution is -2.40. The topological polar surface area (TPSA) is 29.5 Å². The minimum Gasteiger partial charge on any atom is -0.390 e. The molecule has 0 saturated carbocycles. The van der Waals surface area contributed by atoms with Crippen LogP contribution in [0, 0.1) is 11.8 Å². The first-order chi connectivity index (χ1) is 5.61. The second-order valence-electron chi connectivity index (χ2n) is 4.30. The van der Waals surface area contributed by atoms with E-state index in [1.807, 2.05) is 0 Å². The molecule has 1 N–H and O–H groups in total. The molecule has 0 spiro atoms. The first kappa shape index (κ1) is 10.0. The molecule has 0 aliphatic carbocycles. The maximum absolute atomic E-state index is 9.76. The van der Waals surface area contributed by atoms with Crippen LogP contribution in [0.3, 0.4) is 0 Å². The van der Waals surface area contributed by atoms with Crippen molar-refractivity contribution in [2.75, 3.05) is 6.61 Å². The second kappa shape index (κ2) is 4.24. The molecule has 0 aromatic rings. The molecule has 12 heavy (non-hydrogen) atoms. The van der Waals surface area contributed by atoms with E-state index in [0.29, 0.717) is 11.8 Å². The average molecular weight is 172 g/mol. The first-order valence-electron chi connectivity index (χ1n) is 4.91. The summed E-state index contributed by atoms with van der Waals surface area (Å²) in [5.41, 5.74) is 0. The Balaban J connectivity index is 2.41. The molecule has 1 saturated heterocycles. The maximum atomic E-state index is 9.76. The van der Waals surface area contributed by atoms with E-state index in [-0.39, 0.29) is 12.2 Å². The number of aliphatic hydroxyl groups excluding tert-OH is 1. The zero-order chi connectivity index (χ0) is 9.14. The minimum atomic E-state index is -0.249. The van der Waals surface area contributed by atoms with E-state index in [4.69, 9.17) is 4.74 Å². The van der Waals surface area contributed by atoms with Gasteiger partial charge in [-0.2, -0.15) is 0 Å². The molecule has 2 heteroatoms. The summed E-state index contributed by atoms with van der Waals surface area (Å²) < 4.78 is 5.52. The summed E-state index contributed by atoms with van der Waals surface area (Å²) in [6.45, 7) is 7.24. The fourth-order valence-electron chi connectivity index (χ4n) is 1.71. The van der Waals surface area contributed by atoms with Crippen LogP contribution >= 0.6 is 0 Å². The van der Waals surface area contributed by atoms with Crippen LogP contribution in [-0.4, -0.2) is 23.9 Å². The molecule has 0 aromatic heterocycles. The van der Waals surface area contributed by atoms with Crippen molar-refractivity contribution in [2.24, 2.45) is 11.8 Å². The zero-order valence-electron chi connectivity index (χ0n) is 8.29. The molecule has 3 atom stereocenters. The largest absolute Gasteiger partial charge is 0.390 e. The Morgan fingerprint density at radius 2 is 2.17 bits per heavy atom. The highest BCUT2D eigenvalue weighted by atomic mass is 16.5. The fourth-order valence-corrected chi connectivity index (χ4v) is 1.71. The highest BCUT2D eigenvalue weighted by molar-refractivity contribution is 4.79. The number of aliphatic hydroxyl groups is 1. The first-order valence-corrected chi connectivity index (χ1v) is 4.91. The predicted octanol–water partition coefficient (Wildman–Crippen LogP) is 1.82. The van der Waals surface area contributed by atoms with Gasteiger partial charge in [0, 0.05) is 6.61 Å². The molecule has 1 fully saturated rings. The highest BCUT2D eigenvalue weighted by Crippen LogP contribution is 2.24. The molecule has 1 heterocycles. The molecule has 0 amide bonds. The van der Waals surface area contributed by atoms with Crippen molar-refractivity contribution in [3.8, 4) is 0 Å². The van der Waals surface area contributed by atoms with Crippen molar-refractivity contribution < 1.29 is 9.84 Å². The third kappa shape index (κ3) is 2.46. The Labute approximate surface area is 74.9 Å². The van der Waals surface area contributed by atoms with Crippen LogP contribution in [-0.2, 0) is 4.74 Å². The number of ether oxygens (including phenoxy) is 1. The normalized spacial score (nSPS) is 37.2.